The van der Waals surface area contributed by atoms with E-state index in [1.165, 1.54) is 5.69 Å². The van der Waals surface area contributed by atoms with Crippen LogP contribution < -0.4 is 15.0 Å². The molecule has 0 unspecified atom stereocenters. The SMILES string of the molecule is COc1cc(C)c(C(=O)NCc2ccc(N3CCOCC3)cc2)cc1C(C)C. The molecular weight excluding hydrogens is 352 g/mol. The third-order valence-electron chi connectivity index (χ3n) is 5.21. The van der Waals surface area contributed by atoms with Crippen LogP contribution in [-0.2, 0) is 11.3 Å². The van der Waals surface area contributed by atoms with Gasteiger partial charge >= 0.3 is 0 Å². The first-order valence-corrected chi connectivity index (χ1v) is 9.88. The van der Waals surface area contributed by atoms with Crippen LogP contribution in [0.15, 0.2) is 36.4 Å². The van der Waals surface area contributed by atoms with Crippen LogP contribution in [0, 0.1) is 6.92 Å². The Hall–Kier alpha value is -2.53. The molecule has 2 aromatic rings. The van der Waals surface area contributed by atoms with Gasteiger partial charge in [-0.2, -0.15) is 0 Å². The second-order valence-electron chi connectivity index (χ2n) is 7.51. The van der Waals surface area contributed by atoms with Crippen LogP contribution in [0.3, 0.4) is 0 Å². The summed E-state index contributed by atoms with van der Waals surface area (Å²) in [5.41, 5.74) is 4.95. The van der Waals surface area contributed by atoms with E-state index in [4.69, 9.17) is 9.47 Å². The largest absolute Gasteiger partial charge is 0.496 e. The molecule has 0 spiro atoms. The highest BCUT2D eigenvalue weighted by atomic mass is 16.5. The van der Waals surface area contributed by atoms with Gasteiger partial charge in [-0.15, -0.1) is 0 Å². The van der Waals surface area contributed by atoms with Gasteiger partial charge in [-0.1, -0.05) is 26.0 Å². The fraction of sp³-hybridized carbons (Fsp3) is 0.435. The summed E-state index contributed by atoms with van der Waals surface area (Å²) in [5.74, 6) is 1.07. The zero-order valence-corrected chi connectivity index (χ0v) is 17.2. The maximum atomic E-state index is 12.8. The van der Waals surface area contributed by atoms with Crippen molar-refractivity contribution in [2.75, 3.05) is 38.3 Å². The number of morpholine rings is 1. The summed E-state index contributed by atoms with van der Waals surface area (Å²) in [5, 5.41) is 3.05. The van der Waals surface area contributed by atoms with Crippen LogP contribution >= 0.6 is 0 Å². The van der Waals surface area contributed by atoms with Crippen LogP contribution in [0.5, 0.6) is 5.75 Å². The van der Waals surface area contributed by atoms with Crippen molar-refractivity contribution >= 4 is 11.6 Å². The van der Waals surface area contributed by atoms with Crippen molar-refractivity contribution in [3.05, 3.63) is 58.7 Å². The lowest BCUT2D eigenvalue weighted by molar-refractivity contribution is 0.0950. The van der Waals surface area contributed by atoms with Gasteiger partial charge in [-0.3, -0.25) is 4.79 Å². The normalized spacial score (nSPS) is 14.2. The van der Waals surface area contributed by atoms with Gasteiger partial charge in [-0.25, -0.2) is 0 Å². The Labute approximate surface area is 167 Å². The third kappa shape index (κ3) is 4.65. The second kappa shape index (κ2) is 9.11. The van der Waals surface area contributed by atoms with E-state index in [2.05, 4.69) is 48.3 Å². The number of rotatable bonds is 6. The van der Waals surface area contributed by atoms with Crippen molar-refractivity contribution in [3.63, 3.8) is 0 Å². The number of benzene rings is 2. The zero-order valence-electron chi connectivity index (χ0n) is 17.2. The number of aryl methyl sites for hydroxylation is 1. The zero-order chi connectivity index (χ0) is 20.1. The molecule has 150 valence electrons. The van der Waals surface area contributed by atoms with E-state index in [1.54, 1.807) is 7.11 Å². The van der Waals surface area contributed by atoms with E-state index in [1.807, 2.05) is 19.1 Å². The third-order valence-corrected chi connectivity index (χ3v) is 5.21. The minimum absolute atomic E-state index is 0.0562. The number of methoxy groups -OCH3 is 1. The minimum Gasteiger partial charge on any atom is -0.496 e. The number of hydrogen-bond acceptors (Lipinski definition) is 4. The van der Waals surface area contributed by atoms with Crippen molar-refractivity contribution in [1.82, 2.24) is 5.32 Å². The first-order valence-electron chi connectivity index (χ1n) is 9.88. The van der Waals surface area contributed by atoms with Gasteiger partial charge in [-0.05, 0) is 53.8 Å². The summed E-state index contributed by atoms with van der Waals surface area (Å²) in [6.45, 7) is 10.0. The first-order chi connectivity index (χ1) is 13.5. The lowest BCUT2D eigenvalue weighted by Crippen LogP contribution is -2.36. The molecule has 5 nitrogen and oxygen atoms in total. The fourth-order valence-corrected chi connectivity index (χ4v) is 3.49. The summed E-state index contributed by atoms with van der Waals surface area (Å²) in [7, 11) is 1.67. The quantitative estimate of drug-likeness (QED) is 0.823. The van der Waals surface area contributed by atoms with E-state index >= 15 is 0 Å². The molecule has 28 heavy (non-hydrogen) atoms. The fourth-order valence-electron chi connectivity index (χ4n) is 3.49. The predicted octanol–water partition coefficient (Wildman–Crippen LogP) is 3.89. The van der Waals surface area contributed by atoms with Crippen LogP contribution in [0.2, 0.25) is 0 Å². The summed E-state index contributed by atoms with van der Waals surface area (Å²) in [6.07, 6.45) is 0. The van der Waals surface area contributed by atoms with Crippen LogP contribution in [0.4, 0.5) is 5.69 Å². The lowest BCUT2D eigenvalue weighted by Gasteiger charge is -2.28. The molecule has 1 fully saturated rings. The molecule has 5 heteroatoms. The van der Waals surface area contributed by atoms with Gasteiger partial charge in [0.1, 0.15) is 5.75 Å². The van der Waals surface area contributed by atoms with Gasteiger partial charge in [0.05, 0.1) is 20.3 Å². The molecule has 1 heterocycles. The Morgan fingerprint density at radius 2 is 1.86 bits per heavy atom. The van der Waals surface area contributed by atoms with Crippen molar-refractivity contribution < 1.29 is 14.3 Å². The Balaban J connectivity index is 1.66. The number of amides is 1. The molecule has 3 rings (SSSR count). The second-order valence-corrected chi connectivity index (χ2v) is 7.51. The smallest absolute Gasteiger partial charge is 0.251 e. The average molecular weight is 383 g/mol. The van der Waals surface area contributed by atoms with Crippen LogP contribution in [0.1, 0.15) is 46.8 Å². The van der Waals surface area contributed by atoms with E-state index in [0.717, 1.165) is 48.7 Å². The molecule has 0 atom stereocenters. The molecule has 0 radical (unpaired) electrons. The molecule has 1 saturated heterocycles. The van der Waals surface area contributed by atoms with E-state index < -0.39 is 0 Å². The van der Waals surface area contributed by atoms with Gasteiger partial charge in [0.15, 0.2) is 0 Å². The van der Waals surface area contributed by atoms with E-state index in [0.29, 0.717) is 12.1 Å². The summed E-state index contributed by atoms with van der Waals surface area (Å²) in [4.78, 5) is 15.1. The van der Waals surface area contributed by atoms with E-state index in [9.17, 15) is 4.79 Å². The van der Waals surface area contributed by atoms with Gasteiger partial charge in [0.2, 0.25) is 0 Å². The molecule has 1 aliphatic heterocycles. The molecule has 0 aliphatic carbocycles. The Morgan fingerprint density at radius 3 is 2.46 bits per heavy atom. The van der Waals surface area contributed by atoms with Crippen molar-refractivity contribution in [2.45, 2.75) is 33.2 Å². The number of nitrogens with one attached hydrogen (secondary N) is 1. The molecule has 1 N–H and O–H groups in total. The summed E-state index contributed by atoms with van der Waals surface area (Å²) in [6, 6.07) is 12.3. The van der Waals surface area contributed by atoms with Gasteiger partial charge in [0.25, 0.3) is 5.91 Å². The summed E-state index contributed by atoms with van der Waals surface area (Å²) >= 11 is 0. The number of hydrogen-bond donors (Lipinski definition) is 1. The topological polar surface area (TPSA) is 50.8 Å². The standard InChI is InChI=1S/C23H30N2O3/c1-16(2)20-14-21(17(3)13-22(20)27-4)23(26)24-15-18-5-7-19(8-6-18)25-9-11-28-12-10-25/h5-8,13-14,16H,9-12,15H2,1-4H3,(H,24,26). The van der Waals surface area contributed by atoms with Crippen molar-refractivity contribution in [2.24, 2.45) is 0 Å². The van der Waals surface area contributed by atoms with E-state index in [-0.39, 0.29) is 11.8 Å². The van der Waals surface area contributed by atoms with Gasteiger partial charge in [0, 0.05) is 30.9 Å². The number of carbonyl (C=O) groups excluding carboxylic acids is 1. The molecular formula is C23H30N2O3. The average Bonchev–Trinajstić information content (AvgIpc) is 2.72. The summed E-state index contributed by atoms with van der Waals surface area (Å²) < 4.78 is 10.9. The van der Waals surface area contributed by atoms with Crippen molar-refractivity contribution in [1.29, 1.82) is 0 Å². The van der Waals surface area contributed by atoms with Crippen LogP contribution in [0.25, 0.3) is 0 Å². The molecule has 0 saturated carbocycles. The Morgan fingerprint density at radius 1 is 1.18 bits per heavy atom. The highest BCUT2D eigenvalue weighted by molar-refractivity contribution is 5.96. The highest BCUT2D eigenvalue weighted by Crippen LogP contribution is 2.29. The maximum Gasteiger partial charge on any atom is 0.251 e. The molecule has 0 bridgehead atoms. The Kier molecular flexibility index (Phi) is 6.57. The monoisotopic (exact) mass is 382 g/mol. The first kappa shape index (κ1) is 20.2. The Bertz CT molecular complexity index is 809. The lowest BCUT2D eigenvalue weighted by atomic mass is 9.96. The predicted molar refractivity (Wildman–Crippen MR) is 112 cm³/mol. The number of anilines is 1. The highest BCUT2D eigenvalue weighted by Gasteiger charge is 2.16. The molecule has 0 aromatic heterocycles. The number of ether oxygens (including phenoxy) is 2. The van der Waals surface area contributed by atoms with Crippen molar-refractivity contribution in [3.8, 4) is 5.75 Å². The number of nitrogens with zero attached hydrogens (tertiary/aromatic N) is 1. The molecule has 1 aliphatic rings. The minimum atomic E-state index is -0.0562. The van der Waals surface area contributed by atoms with Crippen LogP contribution in [-0.4, -0.2) is 39.3 Å². The maximum absolute atomic E-state index is 12.8. The molecule has 1 amide bonds. The number of carbonyl (C=O) groups is 1. The van der Waals surface area contributed by atoms with Gasteiger partial charge < -0.3 is 19.7 Å². The molecule has 2 aromatic carbocycles.